The predicted molar refractivity (Wildman–Crippen MR) is 90.8 cm³/mol. The Morgan fingerprint density at radius 1 is 1.48 bits per heavy atom. The molecule has 0 saturated heterocycles. The number of furan rings is 1. The van der Waals surface area contributed by atoms with Crippen LogP contribution in [0.25, 0.3) is 22.0 Å². The maximum Gasteiger partial charge on any atom is 0.253 e. The molecule has 8 nitrogen and oxygen atoms in total. The molecule has 1 aromatic carbocycles. The zero-order valence-corrected chi connectivity index (χ0v) is 13.6. The number of benzene rings is 1. The number of carbonyl (C=O) groups excluding carboxylic acids is 2. The zero-order valence-electron chi connectivity index (χ0n) is 13.6. The number of aromatic nitrogens is 1. The number of methoxy groups -OCH3 is 1. The van der Waals surface area contributed by atoms with Gasteiger partial charge in [0.15, 0.2) is 5.75 Å². The quantitative estimate of drug-likeness (QED) is 0.533. The molecule has 0 fully saturated rings. The number of fused-ring (bicyclic) bond motifs is 1. The molecule has 3 aromatic rings. The van der Waals surface area contributed by atoms with Gasteiger partial charge in [0.25, 0.3) is 5.91 Å². The summed E-state index contributed by atoms with van der Waals surface area (Å²) in [5.41, 5.74) is 11.1. The molecule has 25 heavy (non-hydrogen) atoms. The van der Waals surface area contributed by atoms with E-state index >= 15 is 0 Å². The molecule has 2 heterocycles. The summed E-state index contributed by atoms with van der Waals surface area (Å²) in [6.45, 7) is 0. The molecule has 0 aliphatic rings. The van der Waals surface area contributed by atoms with Gasteiger partial charge in [0, 0.05) is 18.2 Å². The van der Waals surface area contributed by atoms with E-state index in [9.17, 15) is 9.18 Å². The van der Waals surface area contributed by atoms with E-state index in [2.05, 4.69) is 16.0 Å². The number of hydrogen-bond acceptors (Lipinski definition) is 5. The molecule has 9 heteroatoms. The topological polar surface area (TPSA) is 136 Å². The van der Waals surface area contributed by atoms with Crippen LogP contribution in [-0.2, 0) is 4.79 Å². The van der Waals surface area contributed by atoms with E-state index in [1.807, 2.05) is 0 Å². The van der Waals surface area contributed by atoms with E-state index in [-0.39, 0.29) is 17.4 Å². The van der Waals surface area contributed by atoms with Gasteiger partial charge < -0.3 is 30.9 Å². The number of nitrogens with two attached hydrogens (primary N) is 2. The maximum absolute atomic E-state index is 14.6. The second kappa shape index (κ2) is 7.39. The molecule has 0 aliphatic heterocycles. The molecular formula is C16H17FN4O4. The Balaban J connectivity index is 0.000000701. The lowest BCUT2D eigenvalue weighted by Crippen LogP contribution is -2.12. The first-order valence-corrected chi connectivity index (χ1v) is 7.07. The number of primary amides is 2. The van der Waals surface area contributed by atoms with Gasteiger partial charge in [-0.15, -0.1) is 0 Å². The number of hydrogen-bond donors (Lipinski definition) is 4. The second-order valence-electron chi connectivity index (χ2n) is 4.83. The highest BCUT2D eigenvalue weighted by Crippen LogP contribution is 2.41. The molecule has 0 saturated carbocycles. The Bertz CT molecular complexity index is 903. The summed E-state index contributed by atoms with van der Waals surface area (Å²) in [6, 6.07) is 2.99. The van der Waals surface area contributed by atoms with Crippen LogP contribution in [-0.4, -0.2) is 31.5 Å². The predicted octanol–water partition coefficient (Wildman–Crippen LogP) is 1.82. The van der Waals surface area contributed by atoms with E-state index in [4.69, 9.17) is 19.7 Å². The van der Waals surface area contributed by atoms with Gasteiger partial charge in [0.05, 0.1) is 36.1 Å². The van der Waals surface area contributed by atoms with Crippen LogP contribution >= 0.6 is 0 Å². The Morgan fingerprint density at radius 2 is 2.16 bits per heavy atom. The number of nitrogens with one attached hydrogen (secondary N) is 2. The van der Waals surface area contributed by atoms with Crippen LogP contribution in [0.1, 0.15) is 10.4 Å². The van der Waals surface area contributed by atoms with Crippen LogP contribution in [0.3, 0.4) is 0 Å². The number of ether oxygens (including phenoxy) is 1. The number of aromatic amines is 1. The number of H-pyrrole nitrogens is 1. The van der Waals surface area contributed by atoms with Gasteiger partial charge in [-0.25, -0.2) is 4.39 Å². The average Bonchev–Trinajstić information content (AvgIpc) is 3.23. The molecular weight excluding hydrogens is 331 g/mol. The Labute approximate surface area is 141 Å². The van der Waals surface area contributed by atoms with Gasteiger partial charge in [-0.05, 0) is 12.1 Å². The van der Waals surface area contributed by atoms with Crippen LogP contribution in [0, 0.1) is 5.82 Å². The average molecular weight is 348 g/mol. The first-order valence-electron chi connectivity index (χ1n) is 7.07. The summed E-state index contributed by atoms with van der Waals surface area (Å²) in [5.74, 6) is -0.558. The first-order chi connectivity index (χ1) is 12.0. The van der Waals surface area contributed by atoms with Gasteiger partial charge in [-0.3, -0.25) is 9.59 Å². The normalized spacial score (nSPS) is 10.0. The van der Waals surface area contributed by atoms with E-state index in [0.29, 0.717) is 28.2 Å². The van der Waals surface area contributed by atoms with Crippen molar-refractivity contribution in [2.75, 3.05) is 19.5 Å². The minimum Gasteiger partial charge on any atom is -0.494 e. The highest BCUT2D eigenvalue weighted by molar-refractivity contribution is 6.13. The van der Waals surface area contributed by atoms with E-state index < -0.39 is 11.7 Å². The van der Waals surface area contributed by atoms with Crippen molar-refractivity contribution in [3.8, 4) is 16.9 Å². The second-order valence-corrected chi connectivity index (χ2v) is 4.83. The molecule has 2 aromatic heterocycles. The Morgan fingerprint density at radius 3 is 2.64 bits per heavy atom. The van der Waals surface area contributed by atoms with Crippen molar-refractivity contribution in [3.63, 3.8) is 0 Å². The van der Waals surface area contributed by atoms with Crippen LogP contribution in [0.2, 0.25) is 0 Å². The highest BCUT2D eigenvalue weighted by Gasteiger charge is 2.24. The summed E-state index contributed by atoms with van der Waals surface area (Å²) in [5, 5.41) is 2.90. The molecule has 132 valence electrons. The molecule has 0 bridgehead atoms. The first kappa shape index (κ1) is 17.9. The van der Waals surface area contributed by atoms with Crippen molar-refractivity contribution in [1.29, 1.82) is 0 Å². The summed E-state index contributed by atoms with van der Waals surface area (Å²) in [7, 11) is 3.08. The fraction of sp³-hybridized carbons (Fsp3) is 0.125. The van der Waals surface area contributed by atoms with Crippen LogP contribution in [0.5, 0.6) is 5.75 Å². The van der Waals surface area contributed by atoms with Crippen LogP contribution < -0.4 is 21.5 Å². The Hall–Kier alpha value is -3.49. The lowest BCUT2D eigenvalue weighted by Gasteiger charge is -2.09. The number of amides is 2. The third kappa shape index (κ3) is 3.11. The molecule has 0 unspecified atom stereocenters. The van der Waals surface area contributed by atoms with Crippen molar-refractivity contribution in [1.82, 2.24) is 4.98 Å². The number of halogens is 1. The highest BCUT2D eigenvalue weighted by atomic mass is 19.1. The molecule has 2 amide bonds. The summed E-state index contributed by atoms with van der Waals surface area (Å²) in [6.07, 6.45) is 3.22. The van der Waals surface area contributed by atoms with Gasteiger partial charge >= 0.3 is 0 Å². The van der Waals surface area contributed by atoms with Crippen LogP contribution in [0.15, 0.2) is 29.1 Å². The molecule has 3 rings (SSSR count). The molecule has 0 radical (unpaired) electrons. The third-order valence-electron chi connectivity index (χ3n) is 3.51. The van der Waals surface area contributed by atoms with Crippen molar-refractivity contribution < 1.29 is 23.1 Å². The van der Waals surface area contributed by atoms with E-state index in [0.717, 1.165) is 0 Å². The lowest BCUT2D eigenvalue weighted by molar-refractivity contribution is -0.106. The lowest BCUT2D eigenvalue weighted by atomic mass is 10.0. The monoisotopic (exact) mass is 348 g/mol. The SMILES string of the molecule is CNc1[nH]c2c(OC)c(-c3ccoc3)cc(F)c2c1C(N)=O.NC=O. The molecule has 0 aliphatic carbocycles. The molecule has 0 atom stereocenters. The van der Waals surface area contributed by atoms with Gasteiger partial charge in [-0.2, -0.15) is 0 Å². The third-order valence-corrected chi connectivity index (χ3v) is 3.51. The minimum atomic E-state index is -0.729. The van der Waals surface area contributed by atoms with Crippen molar-refractivity contribution in [3.05, 3.63) is 36.0 Å². The number of rotatable bonds is 4. The van der Waals surface area contributed by atoms with Crippen molar-refractivity contribution >= 4 is 29.0 Å². The summed E-state index contributed by atoms with van der Waals surface area (Å²) >= 11 is 0. The fourth-order valence-electron chi connectivity index (χ4n) is 2.59. The standard InChI is InChI=1S/C15H14FN3O3.CH3NO/c1-18-15-11(14(17)20)10-9(16)5-8(7-3-4-22-6-7)13(21-2)12(10)19-15;2-1-3/h3-6,18-19H,1-2H3,(H2,17,20);1H,(H2,2,3). The fourth-order valence-corrected chi connectivity index (χ4v) is 2.59. The summed E-state index contributed by atoms with van der Waals surface area (Å²) < 4.78 is 25.0. The van der Waals surface area contributed by atoms with Crippen molar-refractivity contribution in [2.24, 2.45) is 11.5 Å². The van der Waals surface area contributed by atoms with Gasteiger partial charge in [-0.1, -0.05) is 0 Å². The van der Waals surface area contributed by atoms with E-state index in [1.165, 1.54) is 25.7 Å². The summed E-state index contributed by atoms with van der Waals surface area (Å²) in [4.78, 5) is 23.2. The number of anilines is 1. The Kier molecular flexibility index (Phi) is 5.28. The molecule has 6 N–H and O–H groups in total. The maximum atomic E-state index is 14.6. The van der Waals surface area contributed by atoms with Crippen LogP contribution in [0.4, 0.5) is 10.2 Å². The number of carbonyl (C=O) groups is 2. The minimum absolute atomic E-state index is 0.0621. The van der Waals surface area contributed by atoms with E-state index in [1.54, 1.807) is 13.1 Å². The van der Waals surface area contributed by atoms with Crippen molar-refractivity contribution in [2.45, 2.75) is 0 Å². The van der Waals surface area contributed by atoms with Gasteiger partial charge in [0.2, 0.25) is 6.41 Å². The smallest absolute Gasteiger partial charge is 0.253 e. The molecule has 0 spiro atoms. The largest absolute Gasteiger partial charge is 0.494 e. The zero-order chi connectivity index (χ0) is 18.6. The van der Waals surface area contributed by atoms with Gasteiger partial charge in [0.1, 0.15) is 11.6 Å².